The number of nitrogens with two attached hydrogens (primary N) is 1. The van der Waals surface area contributed by atoms with E-state index < -0.39 is 0 Å². The molecular weight excluding hydrogens is 89.5 g/mol. The van der Waals surface area contributed by atoms with Gasteiger partial charge in [0.25, 0.3) is 0 Å². The van der Waals surface area contributed by atoms with Crippen molar-refractivity contribution in [1.82, 2.24) is 0 Å². The Balaban J connectivity index is 0. The summed E-state index contributed by atoms with van der Waals surface area (Å²) in [7, 11) is 0. The van der Waals surface area contributed by atoms with Crippen LogP contribution in [0.2, 0.25) is 0 Å². The molecule has 0 spiro atoms. The average molecular weight is 97.5 g/mol. The first-order valence-electron chi connectivity index (χ1n) is 1.28. The van der Waals surface area contributed by atoms with Crippen LogP contribution in [0, 0.1) is 0 Å². The van der Waals surface area contributed by atoms with Crippen LogP contribution >= 0.6 is 11.9 Å². The van der Waals surface area contributed by atoms with Gasteiger partial charge in [0.15, 0.2) is 0 Å². The molecule has 0 rings (SSSR count). The van der Waals surface area contributed by atoms with Crippen molar-refractivity contribution in [3.63, 3.8) is 0 Å². The van der Waals surface area contributed by atoms with Gasteiger partial charge in [-0.05, 0) is 6.54 Å². The lowest BCUT2D eigenvalue weighted by Crippen LogP contribution is -1.87. The maximum atomic E-state index is 6.47. The van der Waals surface area contributed by atoms with E-state index in [9.17, 15) is 0 Å². The van der Waals surface area contributed by atoms with Crippen molar-refractivity contribution in [2.75, 3.05) is 6.54 Å². The van der Waals surface area contributed by atoms with Gasteiger partial charge in [0.1, 0.15) is 0 Å². The number of rotatable bonds is 0. The second-order valence-electron chi connectivity index (χ2n) is 0.408. The van der Waals surface area contributed by atoms with Gasteiger partial charge in [-0.3, -0.25) is 4.66 Å². The molecule has 0 aliphatic carbocycles. The molecule has 0 heterocycles. The van der Waals surface area contributed by atoms with Crippen LogP contribution in [0.25, 0.3) is 0 Å². The van der Waals surface area contributed by atoms with E-state index in [0.717, 1.165) is 6.54 Å². The molecule has 2 nitrogen and oxygen atoms in total. The van der Waals surface area contributed by atoms with Crippen LogP contribution in [0.3, 0.4) is 0 Å². The molecule has 0 aliphatic rings. The molecular formula is C2H8ClNO. The Morgan fingerprint density at radius 2 is 1.80 bits per heavy atom. The molecule has 0 aromatic carbocycles. The van der Waals surface area contributed by atoms with Crippen LogP contribution in [0.15, 0.2) is 0 Å². The summed E-state index contributed by atoms with van der Waals surface area (Å²) in [6.07, 6.45) is 0. The molecule has 0 saturated heterocycles. The summed E-state index contributed by atoms with van der Waals surface area (Å²) in [5, 5.41) is 0. The Morgan fingerprint density at radius 1 is 1.80 bits per heavy atom. The lowest BCUT2D eigenvalue weighted by Gasteiger charge is -1.53. The minimum absolute atomic E-state index is 0.750. The first-order chi connectivity index (χ1) is 2.41. The summed E-state index contributed by atoms with van der Waals surface area (Å²) < 4.78 is 6.47. The van der Waals surface area contributed by atoms with Gasteiger partial charge in [-0.15, -0.1) is 0 Å². The van der Waals surface area contributed by atoms with Crippen molar-refractivity contribution in [2.45, 2.75) is 6.92 Å². The van der Waals surface area contributed by atoms with E-state index in [1.54, 1.807) is 0 Å². The molecule has 5 heavy (non-hydrogen) atoms. The summed E-state index contributed by atoms with van der Waals surface area (Å²) in [6.45, 7) is 2.65. The molecule has 3 heteroatoms. The fourth-order valence-corrected chi connectivity index (χ4v) is 0. The van der Waals surface area contributed by atoms with Crippen molar-refractivity contribution in [3.8, 4) is 0 Å². The first kappa shape index (κ1) is 8.96. The molecule has 0 bridgehead atoms. The van der Waals surface area contributed by atoms with Gasteiger partial charge in [0, 0.05) is 0 Å². The normalized spacial score (nSPS) is 4.80. The summed E-state index contributed by atoms with van der Waals surface area (Å²) in [5.74, 6) is 0. The molecule has 0 aromatic rings. The van der Waals surface area contributed by atoms with Gasteiger partial charge in [-0.2, -0.15) is 0 Å². The smallest absolute Gasteiger partial charge is 0.0579 e. The Morgan fingerprint density at radius 3 is 1.80 bits per heavy atom. The molecule has 0 fully saturated rings. The van der Waals surface area contributed by atoms with E-state index in [4.69, 9.17) is 10.4 Å². The van der Waals surface area contributed by atoms with Crippen molar-refractivity contribution in [2.24, 2.45) is 5.73 Å². The standard InChI is InChI=1S/C2H7N.ClHO/c1-2-3;1-2/h2-3H2,1H3;2H. The minimum atomic E-state index is 0.750. The third kappa shape index (κ3) is 466. The number of hydrogen-bond donors (Lipinski definition) is 2. The third-order valence-corrected chi connectivity index (χ3v) is 0. The monoisotopic (exact) mass is 97.0 g/mol. The fourth-order valence-electron chi connectivity index (χ4n) is 0. The highest BCUT2D eigenvalue weighted by Crippen LogP contribution is 1.31. The zero-order chi connectivity index (χ0) is 4.71. The summed E-state index contributed by atoms with van der Waals surface area (Å²) in [6, 6.07) is 0. The minimum Gasteiger partial charge on any atom is -0.331 e. The molecule has 3 N–H and O–H groups in total. The highest BCUT2D eigenvalue weighted by atomic mass is 35.5. The van der Waals surface area contributed by atoms with Crippen molar-refractivity contribution >= 4 is 11.9 Å². The van der Waals surface area contributed by atoms with Crippen LogP contribution < -0.4 is 5.73 Å². The largest absolute Gasteiger partial charge is 0.331 e. The summed E-state index contributed by atoms with van der Waals surface area (Å²) in [5.41, 5.74) is 4.85. The second kappa shape index (κ2) is 29.6. The predicted molar refractivity (Wildman–Crippen MR) is 22.8 cm³/mol. The number of halogens is 1. The zero-order valence-corrected chi connectivity index (χ0v) is 3.87. The average Bonchev–Trinajstić information content (AvgIpc) is 1.46. The molecule has 34 valence electrons. The maximum Gasteiger partial charge on any atom is 0.0579 e. The second-order valence-corrected chi connectivity index (χ2v) is 0.408. The van der Waals surface area contributed by atoms with Crippen molar-refractivity contribution < 1.29 is 4.66 Å². The SMILES string of the molecule is CCN.OCl. The summed E-state index contributed by atoms with van der Waals surface area (Å²) >= 11 is 3.64. The molecule has 0 aromatic heterocycles. The molecule has 0 aliphatic heterocycles. The van der Waals surface area contributed by atoms with Gasteiger partial charge < -0.3 is 5.73 Å². The Labute approximate surface area is 36.7 Å². The molecule has 0 saturated carbocycles. The van der Waals surface area contributed by atoms with E-state index in [-0.39, 0.29) is 0 Å². The zero-order valence-electron chi connectivity index (χ0n) is 3.11. The predicted octanol–water partition coefficient (Wildman–Crippen LogP) is 0.0975. The Bertz CT molecular complexity index is 9.61. The lowest BCUT2D eigenvalue weighted by molar-refractivity contribution is 0.632. The lowest BCUT2D eigenvalue weighted by atomic mass is 10.8. The molecule has 0 unspecified atom stereocenters. The summed E-state index contributed by atoms with van der Waals surface area (Å²) in [4.78, 5) is 0. The Kier molecular flexibility index (Phi) is 53.1. The molecule has 0 radical (unpaired) electrons. The highest BCUT2D eigenvalue weighted by molar-refractivity contribution is 6.04. The van der Waals surface area contributed by atoms with Gasteiger partial charge in [-0.25, -0.2) is 0 Å². The van der Waals surface area contributed by atoms with E-state index in [1.807, 2.05) is 6.92 Å². The van der Waals surface area contributed by atoms with Crippen molar-refractivity contribution in [1.29, 1.82) is 0 Å². The van der Waals surface area contributed by atoms with E-state index in [2.05, 4.69) is 11.9 Å². The highest BCUT2D eigenvalue weighted by Gasteiger charge is 1.32. The van der Waals surface area contributed by atoms with E-state index >= 15 is 0 Å². The van der Waals surface area contributed by atoms with Crippen LogP contribution in [0.5, 0.6) is 0 Å². The topological polar surface area (TPSA) is 46.2 Å². The first-order valence-corrected chi connectivity index (χ1v) is 1.62. The van der Waals surface area contributed by atoms with E-state index in [0.29, 0.717) is 0 Å². The van der Waals surface area contributed by atoms with Gasteiger partial charge in [0.2, 0.25) is 0 Å². The fraction of sp³-hybridized carbons (Fsp3) is 1.00. The van der Waals surface area contributed by atoms with Crippen LogP contribution in [0.1, 0.15) is 6.92 Å². The maximum absolute atomic E-state index is 6.47. The van der Waals surface area contributed by atoms with Gasteiger partial charge in [0.05, 0.1) is 11.9 Å². The third-order valence-electron chi connectivity index (χ3n) is 0. The van der Waals surface area contributed by atoms with E-state index in [1.165, 1.54) is 0 Å². The molecule has 0 atom stereocenters. The Hall–Kier alpha value is 0.210. The van der Waals surface area contributed by atoms with Crippen LogP contribution in [-0.4, -0.2) is 11.2 Å². The number of hydrogen-bond acceptors (Lipinski definition) is 2. The van der Waals surface area contributed by atoms with Gasteiger partial charge >= 0.3 is 0 Å². The van der Waals surface area contributed by atoms with Gasteiger partial charge in [-0.1, -0.05) is 6.92 Å². The van der Waals surface area contributed by atoms with Crippen LogP contribution in [-0.2, 0) is 0 Å². The quantitative estimate of drug-likeness (QED) is 0.450. The molecule has 0 amide bonds. The van der Waals surface area contributed by atoms with Crippen LogP contribution in [0.4, 0.5) is 0 Å². The van der Waals surface area contributed by atoms with Crippen molar-refractivity contribution in [3.05, 3.63) is 0 Å².